The van der Waals surface area contributed by atoms with E-state index in [2.05, 4.69) is 0 Å². The van der Waals surface area contributed by atoms with Crippen molar-refractivity contribution in [3.8, 4) is 23.0 Å². The number of aromatic hydroxyl groups is 4. The summed E-state index contributed by atoms with van der Waals surface area (Å²) < 4.78 is 0. The van der Waals surface area contributed by atoms with Crippen LogP contribution in [0.3, 0.4) is 0 Å². The van der Waals surface area contributed by atoms with Crippen LogP contribution in [0.2, 0.25) is 0 Å². The Bertz CT molecular complexity index is 735. The van der Waals surface area contributed by atoms with Crippen molar-refractivity contribution in [3.63, 3.8) is 0 Å². The number of rotatable bonds is 4. The maximum absolute atomic E-state index is 10.0. The van der Waals surface area contributed by atoms with Crippen LogP contribution in [0.1, 0.15) is 30.5 Å². The van der Waals surface area contributed by atoms with E-state index >= 15 is 0 Å². The Morgan fingerprint density at radius 3 is 1.83 bits per heavy atom. The third kappa shape index (κ3) is 4.30. The van der Waals surface area contributed by atoms with E-state index in [0.717, 1.165) is 0 Å². The molecule has 23 heavy (non-hydrogen) atoms. The Morgan fingerprint density at radius 1 is 0.696 bits per heavy atom. The van der Waals surface area contributed by atoms with Crippen LogP contribution in [0.25, 0.3) is 18.2 Å². The Hall–Kier alpha value is -2.88. The molecule has 2 aromatic carbocycles. The lowest BCUT2D eigenvalue weighted by Gasteiger charge is -2.06. The van der Waals surface area contributed by atoms with Gasteiger partial charge in [0, 0.05) is 0 Å². The predicted octanol–water partition coefficient (Wildman–Crippen LogP) is 4.35. The molecular weight excluding hydrogens is 292 g/mol. The molecule has 2 rings (SSSR count). The van der Waals surface area contributed by atoms with Gasteiger partial charge in [0.25, 0.3) is 0 Å². The number of phenolic OH excluding ortho intramolecular Hbond substituents is 4. The summed E-state index contributed by atoms with van der Waals surface area (Å²) in [6, 6.07) is 7.56. The summed E-state index contributed by atoms with van der Waals surface area (Å²) in [6.45, 7) is 4.02. The Balaban J connectivity index is 2.27. The lowest BCUT2D eigenvalue weighted by atomic mass is 10.0. The number of allylic oxidation sites excluding steroid dienone is 1. The molecule has 0 radical (unpaired) electrons. The average Bonchev–Trinajstić information content (AvgIpc) is 2.47. The van der Waals surface area contributed by atoms with Crippen LogP contribution < -0.4 is 0 Å². The molecule has 0 aliphatic heterocycles. The van der Waals surface area contributed by atoms with Crippen molar-refractivity contribution in [1.82, 2.24) is 0 Å². The molecular formula is C19H20O4. The first-order valence-corrected chi connectivity index (χ1v) is 7.31. The highest BCUT2D eigenvalue weighted by Gasteiger charge is 2.06. The fourth-order valence-electron chi connectivity index (χ4n) is 2.04. The molecule has 0 amide bonds. The minimum Gasteiger partial charge on any atom is -0.507 e. The van der Waals surface area contributed by atoms with Gasteiger partial charge in [-0.1, -0.05) is 44.2 Å². The quantitative estimate of drug-likeness (QED) is 0.500. The van der Waals surface area contributed by atoms with Crippen molar-refractivity contribution >= 4 is 18.2 Å². The minimum absolute atomic E-state index is 0.00453. The predicted molar refractivity (Wildman–Crippen MR) is 92.3 cm³/mol. The second-order valence-electron chi connectivity index (χ2n) is 5.66. The summed E-state index contributed by atoms with van der Waals surface area (Å²) in [5, 5.41) is 38.8. The molecule has 4 N–H and O–H groups in total. The molecule has 0 unspecified atom stereocenters. The smallest absolute Gasteiger partial charge is 0.157 e. The SMILES string of the molecule is CC(C)/C=C/c1c(O)cc(/C=C\c2ccc(O)c(O)c2)cc1O. The van der Waals surface area contributed by atoms with Gasteiger partial charge >= 0.3 is 0 Å². The van der Waals surface area contributed by atoms with Crippen molar-refractivity contribution in [1.29, 1.82) is 0 Å². The highest BCUT2D eigenvalue weighted by Crippen LogP contribution is 2.31. The van der Waals surface area contributed by atoms with E-state index in [0.29, 0.717) is 22.6 Å². The number of hydrogen-bond donors (Lipinski definition) is 4. The van der Waals surface area contributed by atoms with Crippen LogP contribution in [0.15, 0.2) is 36.4 Å². The molecule has 0 bridgehead atoms. The van der Waals surface area contributed by atoms with E-state index in [1.165, 1.54) is 12.1 Å². The van der Waals surface area contributed by atoms with Gasteiger partial charge in [0.15, 0.2) is 11.5 Å². The van der Waals surface area contributed by atoms with Gasteiger partial charge < -0.3 is 20.4 Å². The molecule has 0 spiro atoms. The summed E-state index contributed by atoms with van der Waals surface area (Å²) in [5.41, 5.74) is 1.69. The third-order valence-electron chi connectivity index (χ3n) is 3.27. The van der Waals surface area contributed by atoms with Crippen molar-refractivity contribution in [2.75, 3.05) is 0 Å². The minimum atomic E-state index is -0.202. The first-order valence-electron chi connectivity index (χ1n) is 7.31. The maximum Gasteiger partial charge on any atom is 0.157 e. The van der Waals surface area contributed by atoms with Gasteiger partial charge in [0.1, 0.15) is 11.5 Å². The molecule has 0 saturated heterocycles. The van der Waals surface area contributed by atoms with Crippen LogP contribution >= 0.6 is 0 Å². The zero-order chi connectivity index (χ0) is 17.0. The number of phenols is 4. The summed E-state index contributed by atoms with van der Waals surface area (Å²) in [7, 11) is 0. The van der Waals surface area contributed by atoms with E-state index in [9.17, 15) is 20.4 Å². The van der Waals surface area contributed by atoms with Gasteiger partial charge in [-0.2, -0.15) is 0 Å². The monoisotopic (exact) mass is 312 g/mol. The van der Waals surface area contributed by atoms with E-state index in [-0.39, 0.29) is 23.0 Å². The topological polar surface area (TPSA) is 80.9 Å². The van der Waals surface area contributed by atoms with Gasteiger partial charge in [-0.3, -0.25) is 0 Å². The van der Waals surface area contributed by atoms with Crippen molar-refractivity contribution < 1.29 is 20.4 Å². The first-order chi connectivity index (χ1) is 10.9. The van der Waals surface area contributed by atoms with Gasteiger partial charge in [0.05, 0.1) is 5.56 Å². The summed E-state index contributed by atoms with van der Waals surface area (Å²) in [6.07, 6.45) is 6.99. The second kappa shape index (κ2) is 6.92. The highest BCUT2D eigenvalue weighted by molar-refractivity contribution is 5.75. The fraction of sp³-hybridized carbons (Fsp3) is 0.158. The van der Waals surface area contributed by atoms with Crippen LogP contribution in [-0.4, -0.2) is 20.4 Å². The van der Waals surface area contributed by atoms with Crippen LogP contribution in [0, 0.1) is 5.92 Å². The van der Waals surface area contributed by atoms with Crippen molar-refractivity contribution in [2.24, 2.45) is 5.92 Å². The van der Waals surface area contributed by atoms with Crippen LogP contribution in [0.4, 0.5) is 0 Å². The van der Waals surface area contributed by atoms with Crippen molar-refractivity contribution in [2.45, 2.75) is 13.8 Å². The molecule has 0 heterocycles. The van der Waals surface area contributed by atoms with Crippen molar-refractivity contribution in [3.05, 3.63) is 53.1 Å². The number of hydrogen-bond acceptors (Lipinski definition) is 4. The molecule has 0 aliphatic rings. The molecule has 120 valence electrons. The average molecular weight is 312 g/mol. The van der Waals surface area contributed by atoms with Crippen LogP contribution in [0.5, 0.6) is 23.0 Å². The maximum atomic E-state index is 10.0. The molecule has 2 aromatic rings. The van der Waals surface area contributed by atoms with Gasteiger partial charge in [0.2, 0.25) is 0 Å². The molecule has 0 fully saturated rings. The van der Waals surface area contributed by atoms with Gasteiger partial charge in [-0.25, -0.2) is 0 Å². The van der Waals surface area contributed by atoms with E-state index in [4.69, 9.17) is 0 Å². The molecule has 0 aromatic heterocycles. The van der Waals surface area contributed by atoms with E-state index in [1.807, 2.05) is 19.9 Å². The van der Waals surface area contributed by atoms with Crippen LogP contribution in [-0.2, 0) is 0 Å². The number of benzene rings is 2. The van der Waals surface area contributed by atoms with E-state index in [1.54, 1.807) is 36.4 Å². The lowest BCUT2D eigenvalue weighted by molar-refractivity contribution is 0.403. The Morgan fingerprint density at radius 2 is 1.26 bits per heavy atom. The lowest BCUT2D eigenvalue weighted by Crippen LogP contribution is -1.83. The molecule has 4 heteroatoms. The molecule has 0 saturated carbocycles. The Kier molecular flexibility index (Phi) is 4.96. The second-order valence-corrected chi connectivity index (χ2v) is 5.66. The first kappa shape index (κ1) is 16.5. The fourth-order valence-corrected chi connectivity index (χ4v) is 2.04. The summed E-state index contributed by atoms with van der Waals surface area (Å²) in [4.78, 5) is 0. The zero-order valence-corrected chi connectivity index (χ0v) is 13.1. The normalized spacial score (nSPS) is 11.8. The highest BCUT2D eigenvalue weighted by atomic mass is 16.3. The summed E-state index contributed by atoms with van der Waals surface area (Å²) >= 11 is 0. The standard InChI is InChI=1S/C19H20O4/c1-12(2)3-7-15-17(21)10-14(11-18(15)22)5-4-13-6-8-16(20)19(23)9-13/h3-12,20-23H,1-2H3/b5-4-,7-3+. The van der Waals surface area contributed by atoms with E-state index < -0.39 is 0 Å². The Labute approximate surface area is 135 Å². The van der Waals surface area contributed by atoms with Gasteiger partial charge in [-0.05, 0) is 41.3 Å². The molecule has 0 atom stereocenters. The third-order valence-corrected chi connectivity index (χ3v) is 3.27. The largest absolute Gasteiger partial charge is 0.507 e. The molecule has 4 nitrogen and oxygen atoms in total. The van der Waals surface area contributed by atoms with Gasteiger partial charge in [-0.15, -0.1) is 0 Å². The zero-order valence-electron chi connectivity index (χ0n) is 13.1. The summed E-state index contributed by atoms with van der Waals surface area (Å²) in [5.74, 6) is -0.0773. The molecule has 0 aliphatic carbocycles.